The maximum Gasteiger partial charge on any atom is 0.271 e. The van der Waals surface area contributed by atoms with Crippen molar-refractivity contribution in [2.24, 2.45) is 12.8 Å². The Bertz CT molecular complexity index is 900. The Morgan fingerprint density at radius 3 is 2.77 bits per heavy atom. The average molecular weight is 331 g/mol. The van der Waals surface area contributed by atoms with Crippen LogP contribution in [0.5, 0.6) is 0 Å². The first-order valence-electron chi connectivity index (χ1n) is 6.52. The molecular weight excluding hydrogens is 318 g/mol. The number of carbonyl (C=O) groups excluding carboxylic acids is 1. The Labute approximate surface area is 134 Å². The molecule has 7 heteroatoms. The maximum atomic E-state index is 12.4. The standard InChI is InChI=1S/C15H13N3O2S2/c1-18-14(20)13-12(17-15(18)22-8-11(16)19)10(7-21-13)9-5-3-2-4-6-9/h2-7H,8H2,1H3,(H2,16,19). The molecule has 0 saturated heterocycles. The molecule has 0 saturated carbocycles. The van der Waals surface area contributed by atoms with Crippen LogP contribution < -0.4 is 11.3 Å². The molecule has 2 heterocycles. The van der Waals surface area contributed by atoms with Gasteiger partial charge >= 0.3 is 0 Å². The molecule has 0 aliphatic rings. The van der Waals surface area contributed by atoms with Crippen molar-refractivity contribution in [1.29, 1.82) is 0 Å². The van der Waals surface area contributed by atoms with Crippen LogP contribution in [0.2, 0.25) is 0 Å². The maximum absolute atomic E-state index is 12.4. The lowest BCUT2D eigenvalue weighted by Gasteiger charge is -2.07. The van der Waals surface area contributed by atoms with Crippen molar-refractivity contribution < 1.29 is 4.79 Å². The van der Waals surface area contributed by atoms with E-state index in [4.69, 9.17) is 5.73 Å². The van der Waals surface area contributed by atoms with E-state index in [9.17, 15) is 9.59 Å². The van der Waals surface area contributed by atoms with Gasteiger partial charge in [0, 0.05) is 18.0 Å². The van der Waals surface area contributed by atoms with Crippen LogP contribution in [-0.4, -0.2) is 21.2 Å². The second-order valence-electron chi connectivity index (χ2n) is 4.71. The summed E-state index contributed by atoms with van der Waals surface area (Å²) in [7, 11) is 1.65. The number of nitrogens with two attached hydrogens (primary N) is 1. The van der Waals surface area contributed by atoms with Gasteiger partial charge in [-0.15, -0.1) is 11.3 Å². The van der Waals surface area contributed by atoms with E-state index in [0.717, 1.165) is 11.1 Å². The third-order valence-corrected chi connectivity index (χ3v) is 5.20. The number of aromatic nitrogens is 2. The predicted molar refractivity (Wildman–Crippen MR) is 90.2 cm³/mol. The lowest BCUT2D eigenvalue weighted by molar-refractivity contribution is -0.115. The lowest BCUT2D eigenvalue weighted by atomic mass is 10.1. The van der Waals surface area contributed by atoms with Gasteiger partial charge in [0.15, 0.2) is 5.16 Å². The van der Waals surface area contributed by atoms with Crippen LogP contribution in [0.3, 0.4) is 0 Å². The van der Waals surface area contributed by atoms with Crippen LogP contribution in [0.15, 0.2) is 45.7 Å². The number of thiophene rings is 1. The largest absolute Gasteiger partial charge is 0.369 e. The van der Waals surface area contributed by atoms with Gasteiger partial charge in [-0.05, 0) is 5.56 Å². The zero-order valence-electron chi connectivity index (χ0n) is 11.8. The Morgan fingerprint density at radius 1 is 1.36 bits per heavy atom. The van der Waals surface area contributed by atoms with Gasteiger partial charge in [-0.2, -0.15) is 0 Å². The highest BCUT2D eigenvalue weighted by molar-refractivity contribution is 7.99. The third-order valence-electron chi connectivity index (χ3n) is 3.19. The van der Waals surface area contributed by atoms with Gasteiger partial charge in [-0.3, -0.25) is 14.2 Å². The topological polar surface area (TPSA) is 78.0 Å². The van der Waals surface area contributed by atoms with Gasteiger partial charge in [-0.1, -0.05) is 42.1 Å². The number of carbonyl (C=O) groups is 1. The summed E-state index contributed by atoms with van der Waals surface area (Å²) < 4.78 is 2.08. The molecule has 0 aliphatic heterocycles. The highest BCUT2D eigenvalue weighted by Crippen LogP contribution is 2.31. The van der Waals surface area contributed by atoms with E-state index >= 15 is 0 Å². The molecule has 2 aromatic heterocycles. The molecule has 1 aromatic carbocycles. The zero-order valence-corrected chi connectivity index (χ0v) is 13.4. The van der Waals surface area contributed by atoms with Gasteiger partial charge in [0.05, 0.1) is 11.3 Å². The summed E-state index contributed by atoms with van der Waals surface area (Å²) in [6.07, 6.45) is 0. The van der Waals surface area contributed by atoms with Crippen LogP contribution in [0.4, 0.5) is 0 Å². The fourth-order valence-electron chi connectivity index (χ4n) is 2.11. The summed E-state index contributed by atoms with van der Waals surface area (Å²) in [6, 6.07) is 9.80. The molecule has 5 nitrogen and oxygen atoms in total. The number of nitrogens with zero attached hydrogens (tertiary/aromatic N) is 2. The van der Waals surface area contributed by atoms with Gasteiger partial charge in [0.25, 0.3) is 5.56 Å². The Balaban J connectivity index is 2.18. The fourth-order valence-corrected chi connectivity index (χ4v) is 3.80. The molecule has 3 aromatic rings. The normalized spacial score (nSPS) is 11.0. The minimum absolute atomic E-state index is 0.0938. The van der Waals surface area contributed by atoms with Crippen molar-refractivity contribution in [3.05, 3.63) is 46.1 Å². The van der Waals surface area contributed by atoms with Crippen molar-refractivity contribution in [2.75, 3.05) is 5.75 Å². The van der Waals surface area contributed by atoms with Crippen molar-refractivity contribution in [3.63, 3.8) is 0 Å². The van der Waals surface area contributed by atoms with Crippen LogP contribution in [0, 0.1) is 0 Å². The molecular formula is C15H13N3O2S2. The molecule has 0 fully saturated rings. The number of fused-ring (bicyclic) bond motifs is 1. The molecule has 0 bridgehead atoms. The number of primary amides is 1. The molecule has 2 N–H and O–H groups in total. The van der Waals surface area contributed by atoms with Crippen molar-refractivity contribution >= 4 is 39.2 Å². The molecule has 0 unspecified atom stereocenters. The molecule has 0 atom stereocenters. The van der Waals surface area contributed by atoms with E-state index in [2.05, 4.69) is 4.98 Å². The Hall–Kier alpha value is -2.12. The van der Waals surface area contributed by atoms with Crippen molar-refractivity contribution in [3.8, 4) is 11.1 Å². The summed E-state index contributed by atoms with van der Waals surface area (Å²) in [5, 5.41) is 2.43. The van der Waals surface area contributed by atoms with Crippen molar-refractivity contribution in [2.45, 2.75) is 5.16 Å². The Kier molecular flexibility index (Phi) is 4.00. The van der Waals surface area contributed by atoms with E-state index in [0.29, 0.717) is 15.4 Å². The number of amides is 1. The van der Waals surface area contributed by atoms with E-state index < -0.39 is 5.91 Å². The zero-order chi connectivity index (χ0) is 15.7. The number of hydrogen-bond acceptors (Lipinski definition) is 5. The molecule has 0 spiro atoms. The molecule has 1 amide bonds. The number of rotatable bonds is 4. The molecule has 3 rings (SSSR count). The minimum Gasteiger partial charge on any atom is -0.369 e. The van der Waals surface area contributed by atoms with Gasteiger partial charge in [-0.25, -0.2) is 4.98 Å². The van der Waals surface area contributed by atoms with E-state index in [1.165, 1.54) is 27.7 Å². The quantitative estimate of drug-likeness (QED) is 0.587. The summed E-state index contributed by atoms with van der Waals surface area (Å²) in [6.45, 7) is 0. The molecule has 0 radical (unpaired) electrons. The van der Waals surface area contributed by atoms with Crippen LogP contribution in [-0.2, 0) is 11.8 Å². The van der Waals surface area contributed by atoms with Gasteiger partial charge < -0.3 is 5.73 Å². The average Bonchev–Trinajstić information content (AvgIpc) is 2.94. The van der Waals surface area contributed by atoms with E-state index in [1.54, 1.807) is 7.05 Å². The first kappa shape index (κ1) is 14.8. The summed E-state index contributed by atoms with van der Waals surface area (Å²) >= 11 is 2.56. The number of hydrogen-bond donors (Lipinski definition) is 1. The highest BCUT2D eigenvalue weighted by atomic mass is 32.2. The van der Waals surface area contributed by atoms with Crippen LogP contribution in [0.1, 0.15) is 0 Å². The highest BCUT2D eigenvalue weighted by Gasteiger charge is 2.15. The second-order valence-corrected chi connectivity index (χ2v) is 6.53. The van der Waals surface area contributed by atoms with Crippen LogP contribution in [0.25, 0.3) is 21.3 Å². The first-order chi connectivity index (χ1) is 10.6. The minimum atomic E-state index is -0.437. The van der Waals surface area contributed by atoms with E-state index in [1.807, 2.05) is 35.7 Å². The number of benzene rings is 1. The fraction of sp³-hybridized carbons (Fsp3) is 0.133. The molecule has 22 heavy (non-hydrogen) atoms. The van der Waals surface area contributed by atoms with Gasteiger partial charge in [0.2, 0.25) is 5.91 Å². The lowest BCUT2D eigenvalue weighted by Crippen LogP contribution is -2.20. The molecule has 0 aliphatic carbocycles. The predicted octanol–water partition coefficient (Wildman–Crippen LogP) is 2.24. The smallest absolute Gasteiger partial charge is 0.271 e. The number of thioether (sulfide) groups is 1. The first-order valence-corrected chi connectivity index (χ1v) is 8.39. The van der Waals surface area contributed by atoms with Crippen molar-refractivity contribution in [1.82, 2.24) is 9.55 Å². The SMILES string of the molecule is Cn1c(SCC(N)=O)nc2c(-c3ccccc3)csc2c1=O. The summed E-state index contributed by atoms with van der Waals surface area (Å²) in [5.74, 6) is -0.343. The Morgan fingerprint density at radius 2 is 2.09 bits per heavy atom. The monoisotopic (exact) mass is 331 g/mol. The van der Waals surface area contributed by atoms with E-state index in [-0.39, 0.29) is 11.3 Å². The summed E-state index contributed by atoms with van der Waals surface area (Å²) in [5.41, 5.74) is 7.68. The molecule has 112 valence electrons. The summed E-state index contributed by atoms with van der Waals surface area (Å²) in [4.78, 5) is 28.0. The van der Waals surface area contributed by atoms with Gasteiger partial charge in [0.1, 0.15) is 4.70 Å². The second kappa shape index (κ2) is 5.94. The van der Waals surface area contributed by atoms with Crippen LogP contribution >= 0.6 is 23.1 Å². The third kappa shape index (κ3) is 2.65.